The molecule has 6 aliphatic rings. The quantitative estimate of drug-likeness (QED) is 0.702. The van der Waals surface area contributed by atoms with E-state index in [1.165, 1.54) is 36.8 Å². The molecule has 1 aromatic rings. The minimum absolute atomic E-state index is 0.0346. The van der Waals surface area contributed by atoms with E-state index >= 15 is 0 Å². The summed E-state index contributed by atoms with van der Waals surface area (Å²) in [5.41, 5.74) is 2.77. The monoisotopic (exact) mass is 395 g/mol. The minimum Gasteiger partial charge on any atom is -0.497 e. The number of nitrogens with zero attached hydrogens (tertiary/aromatic N) is 1. The number of methoxy groups -OCH3 is 2. The predicted molar refractivity (Wildman–Crippen MR) is 113 cm³/mol. The first-order chi connectivity index (χ1) is 14.1. The Bertz CT molecular complexity index is 896. The first-order valence-electron chi connectivity index (χ1n) is 11.4. The van der Waals surface area contributed by atoms with Crippen LogP contribution in [-0.4, -0.2) is 50.5 Å². The molecule has 6 atom stereocenters. The van der Waals surface area contributed by atoms with Crippen molar-refractivity contribution in [3.63, 3.8) is 0 Å². The zero-order valence-electron chi connectivity index (χ0n) is 18.2. The molecule has 2 spiro atoms. The first kappa shape index (κ1) is 18.3. The molecule has 1 saturated heterocycles. The van der Waals surface area contributed by atoms with E-state index in [0.717, 1.165) is 30.9 Å². The van der Waals surface area contributed by atoms with Gasteiger partial charge in [-0.15, -0.1) is 0 Å². The molecule has 4 nitrogen and oxygen atoms in total. The average molecular weight is 396 g/mol. The van der Waals surface area contributed by atoms with Crippen molar-refractivity contribution in [3.8, 4) is 11.5 Å². The molecule has 2 fully saturated rings. The lowest BCUT2D eigenvalue weighted by Crippen LogP contribution is -2.78. The third-order valence-electron chi connectivity index (χ3n) is 9.29. The van der Waals surface area contributed by atoms with Crippen molar-refractivity contribution in [1.29, 1.82) is 0 Å². The maximum Gasteiger partial charge on any atom is 0.142 e. The van der Waals surface area contributed by atoms with E-state index in [1.54, 1.807) is 7.11 Å². The van der Waals surface area contributed by atoms with Crippen LogP contribution in [-0.2, 0) is 16.6 Å². The second-order valence-corrected chi connectivity index (χ2v) is 10.1. The largest absolute Gasteiger partial charge is 0.497 e. The van der Waals surface area contributed by atoms with Crippen LogP contribution >= 0.6 is 0 Å². The number of piperidine rings is 1. The van der Waals surface area contributed by atoms with E-state index in [1.807, 2.05) is 7.11 Å². The molecule has 1 aromatic carbocycles. The summed E-state index contributed by atoms with van der Waals surface area (Å²) in [6.07, 6.45) is 12.2. The van der Waals surface area contributed by atoms with Crippen LogP contribution in [0.2, 0.25) is 0 Å². The number of rotatable bonds is 5. The number of ether oxygens (including phenoxy) is 3. The lowest BCUT2D eigenvalue weighted by atomic mass is 9.37. The molecule has 2 heterocycles. The fraction of sp³-hybridized carbons (Fsp3) is 0.680. The molecule has 0 N–H and O–H groups in total. The maximum atomic E-state index is 6.91. The first-order valence-corrected chi connectivity index (χ1v) is 11.4. The Labute approximate surface area is 174 Å². The van der Waals surface area contributed by atoms with E-state index < -0.39 is 0 Å². The molecule has 4 heteroatoms. The molecule has 2 aliphatic heterocycles. The van der Waals surface area contributed by atoms with Crippen LogP contribution in [0.5, 0.6) is 11.5 Å². The van der Waals surface area contributed by atoms with Crippen LogP contribution in [0.1, 0.15) is 50.2 Å². The lowest BCUT2D eigenvalue weighted by molar-refractivity contribution is -0.215. The summed E-state index contributed by atoms with van der Waals surface area (Å²) in [5.74, 6) is 2.49. The Morgan fingerprint density at radius 1 is 1.24 bits per heavy atom. The smallest absolute Gasteiger partial charge is 0.142 e. The van der Waals surface area contributed by atoms with E-state index in [2.05, 4.69) is 43.2 Å². The van der Waals surface area contributed by atoms with Crippen LogP contribution in [0.25, 0.3) is 0 Å². The lowest BCUT2D eigenvalue weighted by Gasteiger charge is -2.71. The Morgan fingerprint density at radius 3 is 2.86 bits per heavy atom. The summed E-state index contributed by atoms with van der Waals surface area (Å²) in [6, 6.07) is 4.91. The third-order valence-corrected chi connectivity index (χ3v) is 9.29. The summed E-state index contributed by atoms with van der Waals surface area (Å²) in [7, 11) is 5.99. The number of benzene rings is 1. The zero-order valence-corrected chi connectivity index (χ0v) is 18.2. The normalized spacial score (nSPS) is 43.2. The molecule has 7 rings (SSSR count). The zero-order chi connectivity index (χ0) is 20.0. The van der Waals surface area contributed by atoms with Crippen molar-refractivity contribution in [2.75, 3.05) is 27.8 Å². The molecule has 4 aliphatic carbocycles. The fourth-order valence-corrected chi connectivity index (χ4v) is 8.12. The summed E-state index contributed by atoms with van der Waals surface area (Å²) in [4.78, 5) is 2.62. The second kappa shape index (κ2) is 5.79. The number of hydrogen-bond donors (Lipinski definition) is 0. The summed E-state index contributed by atoms with van der Waals surface area (Å²) < 4.78 is 19.0. The number of fused-ring (bicyclic) bond motifs is 1. The highest BCUT2D eigenvalue weighted by atomic mass is 16.6. The van der Waals surface area contributed by atoms with Gasteiger partial charge in [-0.1, -0.05) is 31.9 Å². The van der Waals surface area contributed by atoms with Gasteiger partial charge in [-0.05, 0) is 56.8 Å². The van der Waals surface area contributed by atoms with Gasteiger partial charge in [-0.3, -0.25) is 0 Å². The highest BCUT2D eigenvalue weighted by Gasteiger charge is 2.78. The van der Waals surface area contributed by atoms with Gasteiger partial charge in [0.05, 0.1) is 12.5 Å². The molecule has 4 bridgehead atoms. The molecule has 29 heavy (non-hydrogen) atoms. The fourth-order valence-electron chi connectivity index (χ4n) is 8.12. The van der Waals surface area contributed by atoms with Crippen LogP contribution in [0.3, 0.4) is 0 Å². The van der Waals surface area contributed by atoms with Gasteiger partial charge in [0.2, 0.25) is 0 Å². The molecular weight excluding hydrogens is 362 g/mol. The molecule has 0 unspecified atom stereocenters. The average Bonchev–Trinajstić information content (AvgIpc) is 3.10. The van der Waals surface area contributed by atoms with Crippen LogP contribution in [0, 0.1) is 11.3 Å². The highest BCUT2D eigenvalue weighted by Crippen LogP contribution is 2.74. The molecule has 0 radical (unpaired) electrons. The van der Waals surface area contributed by atoms with E-state index in [4.69, 9.17) is 14.2 Å². The number of likely N-dealkylation sites (tertiary alicyclic amines) is 1. The van der Waals surface area contributed by atoms with Gasteiger partial charge >= 0.3 is 0 Å². The second-order valence-electron chi connectivity index (χ2n) is 10.1. The van der Waals surface area contributed by atoms with Crippen LogP contribution < -0.4 is 9.47 Å². The predicted octanol–water partition coefficient (Wildman–Crippen LogP) is 4.11. The van der Waals surface area contributed by atoms with E-state index in [9.17, 15) is 0 Å². The molecule has 0 aromatic heterocycles. The molecule has 156 valence electrons. The van der Waals surface area contributed by atoms with Crippen molar-refractivity contribution < 1.29 is 14.2 Å². The van der Waals surface area contributed by atoms with Crippen molar-refractivity contribution in [1.82, 2.24) is 4.90 Å². The summed E-state index contributed by atoms with van der Waals surface area (Å²) in [5, 5.41) is 0. The Hall–Kier alpha value is -1.52. The van der Waals surface area contributed by atoms with Crippen LogP contribution in [0.4, 0.5) is 0 Å². The highest BCUT2D eigenvalue weighted by molar-refractivity contribution is 5.63. The SMILES string of the molecule is CCCC[C@H]1C[C@@]23C=C[C@]1(OC)[C@@H]1Oc4cc(OC)cc5c4[C@@]12CCN(C)[C@@H]3C5. The topological polar surface area (TPSA) is 30.9 Å². The van der Waals surface area contributed by atoms with Crippen molar-refractivity contribution in [2.45, 2.75) is 68.6 Å². The third kappa shape index (κ3) is 1.86. The molecular formula is C25H33NO3. The summed E-state index contributed by atoms with van der Waals surface area (Å²) >= 11 is 0. The standard InChI is InChI=1S/C25H33NO3/c1-5-6-7-17-15-23-8-9-25(17,28-4)22-24(23)10-11-26(2)20(23)13-16-12-18(27-3)14-19(29-22)21(16)24/h8-9,12,14,17,20,22H,5-7,10-11,13,15H2,1-4H3/t17-,20+,22+,23+,24-,25+/m0/s1. The molecule has 1 saturated carbocycles. The van der Waals surface area contributed by atoms with Crippen LogP contribution in [0.15, 0.2) is 24.3 Å². The number of hydrogen-bond acceptors (Lipinski definition) is 4. The van der Waals surface area contributed by atoms with Gasteiger partial charge in [0, 0.05) is 30.2 Å². The van der Waals surface area contributed by atoms with Gasteiger partial charge in [0.15, 0.2) is 0 Å². The Balaban J connectivity index is 1.62. The maximum absolute atomic E-state index is 6.91. The number of likely N-dealkylation sites (N-methyl/N-ethyl adjacent to an activating group) is 1. The summed E-state index contributed by atoms with van der Waals surface area (Å²) in [6.45, 7) is 3.42. The van der Waals surface area contributed by atoms with E-state index in [-0.39, 0.29) is 22.5 Å². The van der Waals surface area contributed by atoms with Gasteiger partial charge in [-0.25, -0.2) is 0 Å². The Kier molecular flexibility index (Phi) is 3.65. The minimum atomic E-state index is -0.321. The van der Waals surface area contributed by atoms with E-state index in [0.29, 0.717) is 12.0 Å². The van der Waals surface area contributed by atoms with Gasteiger partial charge < -0.3 is 19.1 Å². The van der Waals surface area contributed by atoms with Gasteiger partial charge in [0.25, 0.3) is 0 Å². The van der Waals surface area contributed by atoms with Crippen molar-refractivity contribution in [3.05, 3.63) is 35.4 Å². The number of unbranched alkanes of at least 4 members (excludes halogenated alkanes) is 1. The van der Waals surface area contributed by atoms with Gasteiger partial charge in [-0.2, -0.15) is 0 Å². The molecule has 0 amide bonds. The Morgan fingerprint density at radius 2 is 2.10 bits per heavy atom. The van der Waals surface area contributed by atoms with Gasteiger partial charge in [0.1, 0.15) is 23.2 Å². The van der Waals surface area contributed by atoms with Crippen molar-refractivity contribution in [2.24, 2.45) is 11.3 Å². The van der Waals surface area contributed by atoms with Crippen molar-refractivity contribution >= 4 is 0 Å².